The van der Waals surface area contributed by atoms with E-state index in [0.717, 1.165) is 10.9 Å². The molecular weight excluding hydrogens is 275 g/mol. The van der Waals surface area contributed by atoms with Gasteiger partial charge in [0.15, 0.2) is 0 Å². The van der Waals surface area contributed by atoms with Gasteiger partial charge in [-0.15, -0.1) is 0 Å². The summed E-state index contributed by atoms with van der Waals surface area (Å²) < 4.78 is 1.00. The first kappa shape index (κ1) is 11.4. The molecule has 1 fully saturated rings. The van der Waals surface area contributed by atoms with Gasteiger partial charge in [-0.3, -0.25) is 0 Å². The van der Waals surface area contributed by atoms with E-state index in [-0.39, 0.29) is 10.8 Å². The smallest absolute Gasteiger partial charge is 0.129 e. The van der Waals surface area contributed by atoms with E-state index in [0.29, 0.717) is 11.7 Å². The monoisotopic (exact) mass is 288 g/mol. The first-order valence-corrected chi connectivity index (χ1v) is 6.12. The van der Waals surface area contributed by atoms with Gasteiger partial charge in [0.25, 0.3) is 0 Å². The van der Waals surface area contributed by atoms with Crippen molar-refractivity contribution in [3.05, 3.63) is 27.5 Å². The quantitative estimate of drug-likeness (QED) is 0.850. The molecule has 1 aromatic heterocycles. The molecule has 1 aliphatic rings. The minimum Gasteiger partial charge on any atom is -0.330 e. The maximum atomic E-state index is 5.93. The fraction of sp³-hybridized carbons (Fsp3) is 0.545. The van der Waals surface area contributed by atoms with Crippen LogP contribution in [-0.2, 0) is 5.41 Å². The Hall–Kier alpha value is -0.120. The summed E-state index contributed by atoms with van der Waals surface area (Å²) in [6, 6.07) is 1.92. The zero-order valence-electron chi connectivity index (χ0n) is 8.85. The largest absolute Gasteiger partial charge is 0.330 e. The Morgan fingerprint density at radius 3 is 2.67 bits per heavy atom. The maximum Gasteiger partial charge on any atom is 0.129 e. The van der Waals surface area contributed by atoms with Crippen LogP contribution in [0.25, 0.3) is 0 Å². The second-order valence-corrected chi connectivity index (χ2v) is 6.08. The Morgan fingerprint density at radius 1 is 1.60 bits per heavy atom. The van der Waals surface area contributed by atoms with Gasteiger partial charge in [-0.05, 0) is 39.4 Å². The van der Waals surface area contributed by atoms with Crippen LogP contribution in [0.15, 0.2) is 16.7 Å². The number of hydrogen-bond donors (Lipinski definition) is 1. The molecule has 0 bridgehead atoms. The SMILES string of the molecule is CC1(C)CC1(CN)c1cc(Cl)ncc1Br. The van der Waals surface area contributed by atoms with Gasteiger partial charge in [0, 0.05) is 22.6 Å². The number of pyridine rings is 1. The number of aromatic nitrogens is 1. The Kier molecular flexibility index (Phi) is 2.61. The highest BCUT2D eigenvalue weighted by molar-refractivity contribution is 9.10. The van der Waals surface area contributed by atoms with Gasteiger partial charge < -0.3 is 5.73 Å². The molecule has 1 unspecified atom stereocenters. The van der Waals surface area contributed by atoms with E-state index < -0.39 is 0 Å². The second-order valence-electron chi connectivity index (χ2n) is 4.83. The van der Waals surface area contributed by atoms with Crippen molar-refractivity contribution in [1.82, 2.24) is 4.98 Å². The van der Waals surface area contributed by atoms with Crippen LogP contribution in [0.3, 0.4) is 0 Å². The maximum absolute atomic E-state index is 5.93. The average molecular weight is 290 g/mol. The fourth-order valence-electron chi connectivity index (χ4n) is 2.41. The lowest BCUT2D eigenvalue weighted by Crippen LogP contribution is -2.25. The minimum absolute atomic E-state index is 0.0679. The molecule has 0 saturated heterocycles. The van der Waals surface area contributed by atoms with Crippen LogP contribution in [0, 0.1) is 5.41 Å². The Bertz CT molecular complexity index is 406. The average Bonchev–Trinajstić information content (AvgIpc) is 2.74. The zero-order valence-corrected chi connectivity index (χ0v) is 11.2. The molecule has 0 amide bonds. The molecule has 82 valence electrons. The molecule has 0 aliphatic heterocycles. The van der Waals surface area contributed by atoms with Crippen molar-refractivity contribution in [1.29, 1.82) is 0 Å². The zero-order chi connectivity index (χ0) is 11.3. The number of nitrogens with two attached hydrogens (primary N) is 1. The Labute approximate surface area is 103 Å². The van der Waals surface area contributed by atoms with Gasteiger partial charge in [0.2, 0.25) is 0 Å². The normalized spacial score (nSPS) is 27.8. The van der Waals surface area contributed by atoms with Crippen LogP contribution in [0.2, 0.25) is 5.15 Å². The van der Waals surface area contributed by atoms with Gasteiger partial charge in [0.1, 0.15) is 5.15 Å². The summed E-state index contributed by atoms with van der Waals surface area (Å²) in [5.41, 5.74) is 7.43. The Morgan fingerprint density at radius 2 is 2.20 bits per heavy atom. The Balaban J connectivity index is 2.50. The summed E-state index contributed by atoms with van der Waals surface area (Å²) in [5, 5.41) is 0.531. The molecule has 1 saturated carbocycles. The van der Waals surface area contributed by atoms with E-state index in [2.05, 4.69) is 34.8 Å². The van der Waals surface area contributed by atoms with E-state index >= 15 is 0 Å². The molecule has 4 heteroatoms. The van der Waals surface area contributed by atoms with Crippen molar-refractivity contribution in [2.45, 2.75) is 25.7 Å². The molecule has 15 heavy (non-hydrogen) atoms. The van der Waals surface area contributed by atoms with Crippen LogP contribution in [0.5, 0.6) is 0 Å². The summed E-state index contributed by atoms with van der Waals surface area (Å²) in [7, 11) is 0. The number of nitrogens with zero attached hydrogens (tertiary/aromatic N) is 1. The molecule has 1 atom stereocenters. The first-order chi connectivity index (χ1) is 6.93. The highest BCUT2D eigenvalue weighted by Gasteiger charge is 2.61. The van der Waals surface area contributed by atoms with E-state index in [1.165, 1.54) is 5.56 Å². The summed E-state index contributed by atoms with van der Waals surface area (Å²) in [6.07, 6.45) is 2.86. The molecular formula is C11H14BrClN2. The van der Waals surface area contributed by atoms with Gasteiger partial charge in [0.05, 0.1) is 0 Å². The highest BCUT2D eigenvalue weighted by Crippen LogP contribution is 2.64. The van der Waals surface area contributed by atoms with Gasteiger partial charge in [-0.1, -0.05) is 25.4 Å². The van der Waals surface area contributed by atoms with Crippen molar-refractivity contribution in [3.8, 4) is 0 Å². The van der Waals surface area contributed by atoms with Gasteiger partial charge in [-0.2, -0.15) is 0 Å². The second kappa shape index (κ2) is 3.44. The van der Waals surface area contributed by atoms with Crippen LogP contribution in [-0.4, -0.2) is 11.5 Å². The summed E-state index contributed by atoms with van der Waals surface area (Å²) in [4.78, 5) is 4.04. The molecule has 0 spiro atoms. The summed E-state index contributed by atoms with van der Waals surface area (Å²) in [6.45, 7) is 5.13. The van der Waals surface area contributed by atoms with Crippen molar-refractivity contribution in [2.75, 3.05) is 6.54 Å². The number of rotatable bonds is 2. The number of halogens is 2. The molecule has 2 nitrogen and oxygen atoms in total. The standard InChI is InChI=1S/C11H14BrClN2/c1-10(2)5-11(10,6-14)7-3-9(13)15-4-8(7)12/h3-4H,5-6,14H2,1-2H3. The molecule has 2 rings (SSSR count). The lowest BCUT2D eigenvalue weighted by Gasteiger charge is -2.20. The predicted octanol–water partition coefficient (Wildman–Crippen LogP) is 3.12. The lowest BCUT2D eigenvalue weighted by molar-refractivity contribution is 0.501. The van der Waals surface area contributed by atoms with Crippen LogP contribution < -0.4 is 5.73 Å². The molecule has 1 heterocycles. The van der Waals surface area contributed by atoms with E-state index in [9.17, 15) is 0 Å². The van der Waals surface area contributed by atoms with Crippen LogP contribution >= 0.6 is 27.5 Å². The van der Waals surface area contributed by atoms with Crippen molar-refractivity contribution in [2.24, 2.45) is 11.1 Å². The summed E-state index contributed by atoms with van der Waals surface area (Å²) in [5.74, 6) is 0. The topological polar surface area (TPSA) is 38.9 Å². The van der Waals surface area contributed by atoms with Crippen molar-refractivity contribution >= 4 is 27.5 Å². The van der Waals surface area contributed by atoms with E-state index in [1.807, 2.05) is 6.07 Å². The molecule has 1 aromatic rings. The third-order valence-electron chi connectivity index (χ3n) is 3.60. The van der Waals surface area contributed by atoms with E-state index in [4.69, 9.17) is 17.3 Å². The molecule has 1 aliphatic carbocycles. The van der Waals surface area contributed by atoms with E-state index in [1.54, 1.807) is 6.20 Å². The highest BCUT2D eigenvalue weighted by atomic mass is 79.9. The molecule has 0 aromatic carbocycles. The van der Waals surface area contributed by atoms with Gasteiger partial charge in [-0.25, -0.2) is 4.98 Å². The third-order valence-corrected chi connectivity index (χ3v) is 4.44. The van der Waals surface area contributed by atoms with Crippen LogP contribution in [0.4, 0.5) is 0 Å². The number of hydrogen-bond acceptors (Lipinski definition) is 2. The van der Waals surface area contributed by atoms with Gasteiger partial charge >= 0.3 is 0 Å². The lowest BCUT2D eigenvalue weighted by atomic mass is 9.89. The van der Waals surface area contributed by atoms with Crippen LogP contribution in [0.1, 0.15) is 25.8 Å². The minimum atomic E-state index is 0.0679. The van der Waals surface area contributed by atoms with Crippen molar-refractivity contribution < 1.29 is 0 Å². The molecule has 0 radical (unpaired) electrons. The first-order valence-electron chi connectivity index (χ1n) is 4.94. The molecule has 2 N–H and O–H groups in total. The fourth-order valence-corrected chi connectivity index (χ4v) is 3.16. The van der Waals surface area contributed by atoms with Crippen molar-refractivity contribution in [3.63, 3.8) is 0 Å². The summed E-state index contributed by atoms with van der Waals surface area (Å²) >= 11 is 9.45. The predicted molar refractivity (Wildman–Crippen MR) is 66.1 cm³/mol. The third kappa shape index (κ3) is 1.61.